The third-order valence-electron chi connectivity index (χ3n) is 13.1. The summed E-state index contributed by atoms with van der Waals surface area (Å²) in [5.41, 5.74) is 20.4. The van der Waals surface area contributed by atoms with Crippen LogP contribution in [0.3, 0.4) is 0 Å². The second-order valence-corrected chi connectivity index (χ2v) is 16.7. The molecule has 1 saturated carbocycles. The highest BCUT2D eigenvalue weighted by Gasteiger charge is 2.44. The lowest BCUT2D eigenvalue weighted by Gasteiger charge is -2.36. The van der Waals surface area contributed by atoms with E-state index in [0.29, 0.717) is 5.82 Å². The molecule has 9 aromatic rings. The average molecular weight is 795 g/mol. The third kappa shape index (κ3) is 6.79. The predicted octanol–water partition coefficient (Wildman–Crippen LogP) is 14.6. The Morgan fingerprint density at radius 2 is 0.871 bits per heavy atom. The van der Waals surface area contributed by atoms with E-state index in [1.807, 2.05) is 36.5 Å². The van der Waals surface area contributed by atoms with Crippen molar-refractivity contribution < 1.29 is 0 Å². The Balaban J connectivity index is 0.835. The maximum absolute atomic E-state index is 9.72. The van der Waals surface area contributed by atoms with Gasteiger partial charge in [0.25, 0.3) is 0 Å². The molecule has 4 heteroatoms. The number of pyridine rings is 1. The minimum Gasteiger partial charge on any atom is -0.264 e. The van der Waals surface area contributed by atoms with Crippen LogP contribution in [0.4, 0.5) is 0 Å². The Morgan fingerprint density at radius 3 is 1.40 bits per heavy atom. The van der Waals surface area contributed by atoms with E-state index in [9.17, 15) is 5.26 Å². The first-order valence-electron chi connectivity index (χ1n) is 21.6. The molecule has 0 radical (unpaired) electrons. The Kier molecular flexibility index (Phi) is 9.44. The molecule has 1 fully saturated rings. The highest BCUT2D eigenvalue weighted by molar-refractivity contribution is 5.85. The fraction of sp³-hybridized carbons (Fsp3) is 0.103. The summed E-state index contributed by atoms with van der Waals surface area (Å²) < 4.78 is 0. The van der Waals surface area contributed by atoms with Gasteiger partial charge in [0, 0.05) is 34.5 Å². The predicted molar refractivity (Wildman–Crippen MR) is 252 cm³/mol. The van der Waals surface area contributed by atoms with Gasteiger partial charge in [-0.25, -0.2) is 9.97 Å². The minimum atomic E-state index is 0.00816. The van der Waals surface area contributed by atoms with Gasteiger partial charge < -0.3 is 0 Å². The second kappa shape index (κ2) is 15.7. The van der Waals surface area contributed by atoms with E-state index < -0.39 is 0 Å². The molecule has 1 spiro atoms. The Morgan fingerprint density at radius 1 is 0.403 bits per heavy atom. The quantitative estimate of drug-likeness (QED) is 0.161. The Hall–Kier alpha value is -7.74. The van der Waals surface area contributed by atoms with Gasteiger partial charge in [-0.15, -0.1) is 0 Å². The van der Waals surface area contributed by atoms with Crippen LogP contribution < -0.4 is 0 Å². The lowest BCUT2D eigenvalue weighted by Crippen LogP contribution is -2.28. The summed E-state index contributed by atoms with van der Waals surface area (Å²) >= 11 is 0. The van der Waals surface area contributed by atoms with Crippen molar-refractivity contribution in [1.29, 1.82) is 5.26 Å². The van der Waals surface area contributed by atoms with Crippen LogP contribution in [-0.2, 0) is 5.41 Å². The molecule has 0 bridgehead atoms. The zero-order chi connectivity index (χ0) is 41.5. The molecule has 0 saturated heterocycles. The van der Waals surface area contributed by atoms with Crippen LogP contribution in [0.2, 0.25) is 0 Å². The number of hydrogen-bond acceptors (Lipinski definition) is 4. The summed E-state index contributed by atoms with van der Waals surface area (Å²) in [4.78, 5) is 14.4. The molecule has 2 aliphatic rings. The highest BCUT2D eigenvalue weighted by Crippen LogP contribution is 2.56. The molecule has 62 heavy (non-hydrogen) atoms. The molecule has 0 unspecified atom stereocenters. The monoisotopic (exact) mass is 794 g/mol. The first-order chi connectivity index (χ1) is 30.6. The van der Waals surface area contributed by atoms with E-state index in [4.69, 9.17) is 9.97 Å². The molecule has 2 aliphatic carbocycles. The molecular formula is C58H42N4. The molecule has 0 aliphatic heterocycles. The highest BCUT2D eigenvalue weighted by atomic mass is 14.9. The molecule has 7 aromatic carbocycles. The van der Waals surface area contributed by atoms with E-state index in [1.165, 1.54) is 63.8 Å². The molecule has 0 amide bonds. The summed E-state index contributed by atoms with van der Waals surface area (Å²) in [6, 6.07) is 67.1. The average Bonchev–Trinajstić information content (AvgIpc) is 3.61. The topological polar surface area (TPSA) is 62.5 Å². The van der Waals surface area contributed by atoms with Gasteiger partial charge in [0.05, 0.1) is 23.0 Å². The van der Waals surface area contributed by atoms with Gasteiger partial charge in [0.15, 0.2) is 5.82 Å². The van der Waals surface area contributed by atoms with Crippen molar-refractivity contribution in [3.05, 3.63) is 211 Å². The fourth-order valence-electron chi connectivity index (χ4n) is 9.81. The van der Waals surface area contributed by atoms with E-state index >= 15 is 0 Å². The van der Waals surface area contributed by atoms with Crippen molar-refractivity contribution in [3.63, 3.8) is 0 Å². The molecule has 0 N–H and O–H groups in total. The minimum absolute atomic E-state index is 0.00816. The SMILES string of the molecule is N#Cc1ccc2c(c1)C1(CCCCC1)c1cc(-c3ccc(-c4ccc(-c5ccc(-c6cc(-c7ccc(-c8cccnc8)cc7)nc(-c7ccccc7)n6)cc5)cc4)cc3)ccc1-2. The summed E-state index contributed by atoms with van der Waals surface area (Å²) in [5, 5.41) is 9.72. The normalized spacial score (nSPS) is 13.6. The van der Waals surface area contributed by atoms with Crippen LogP contribution in [0.5, 0.6) is 0 Å². The smallest absolute Gasteiger partial charge is 0.160 e. The van der Waals surface area contributed by atoms with Crippen LogP contribution in [-0.4, -0.2) is 15.0 Å². The second-order valence-electron chi connectivity index (χ2n) is 16.7. The van der Waals surface area contributed by atoms with Gasteiger partial charge in [-0.2, -0.15) is 5.26 Å². The lowest BCUT2D eigenvalue weighted by molar-refractivity contribution is 0.353. The van der Waals surface area contributed by atoms with Gasteiger partial charge in [0.1, 0.15) is 0 Å². The summed E-state index contributed by atoms with van der Waals surface area (Å²) in [5.74, 6) is 0.698. The van der Waals surface area contributed by atoms with Crippen LogP contribution in [0.25, 0.3) is 89.5 Å². The van der Waals surface area contributed by atoms with Crippen molar-refractivity contribution in [1.82, 2.24) is 15.0 Å². The van der Waals surface area contributed by atoms with Crippen molar-refractivity contribution in [2.45, 2.75) is 37.5 Å². The van der Waals surface area contributed by atoms with E-state index in [0.717, 1.165) is 68.7 Å². The van der Waals surface area contributed by atoms with Crippen molar-refractivity contribution in [2.24, 2.45) is 0 Å². The number of rotatable bonds is 7. The standard InChI is InChI=1S/C58H42N4/c59-37-39-11-29-51-52-30-28-49(35-54(52)58(53(51)34-39)31-5-2-6-32-58)44-18-16-42(17-19-44)40-12-14-41(15-13-40)43-20-24-46(25-21-43)55-36-56(62-57(61-55)48-8-3-1-4-9-48)47-26-22-45(23-27-47)50-10-7-33-60-38-50/h1,3-4,7-30,33-36,38H,2,5-6,31-32H2. The number of nitriles is 1. The number of nitrogens with zero attached hydrogens (tertiary/aromatic N) is 4. The van der Waals surface area contributed by atoms with Gasteiger partial charge in [-0.3, -0.25) is 4.98 Å². The zero-order valence-electron chi connectivity index (χ0n) is 34.3. The van der Waals surface area contributed by atoms with E-state index in [2.05, 4.69) is 163 Å². The van der Waals surface area contributed by atoms with E-state index in [-0.39, 0.29) is 5.41 Å². The summed E-state index contributed by atoms with van der Waals surface area (Å²) in [6.45, 7) is 0. The molecule has 0 atom stereocenters. The fourth-order valence-corrected chi connectivity index (χ4v) is 9.81. The van der Waals surface area contributed by atoms with Crippen molar-refractivity contribution in [2.75, 3.05) is 0 Å². The van der Waals surface area contributed by atoms with Crippen LogP contribution in [0.1, 0.15) is 48.8 Å². The number of benzene rings is 7. The third-order valence-corrected chi connectivity index (χ3v) is 13.1. The molecule has 294 valence electrons. The Labute approximate surface area is 362 Å². The summed E-state index contributed by atoms with van der Waals surface area (Å²) in [6.07, 6.45) is 9.71. The largest absolute Gasteiger partial charge is 0.264 e. The summed E-state index contributed by atoms with van der Waals surface area (Å²) in [7, 11) is 0. The number of aromatic nitrogens is 3. The van der Waals surface area contributed by atoms with Gasteiger partial charge in [-0.1, -0.05) is 171 Å². The first kappa shape index (κ1) is 37.3. The lowest BCUT2D eigenvalue weighted by atomic mass is 9.67. The zero-order valence-corrected chi connectivity index (χ0v) is 34.3. The van der Waals surface area contributed by atoms with Crippen LogP contribution in [0, 0.1) is 11.3 Å². The number of hydrogen-bond donors (Lipinski definition) is 0. The van der Waals surface area contributed by atoms with E-state index in [1.54, 1.807) is 6.20 Å². The van der Waals surface area contributed by atoms with Crippen molar-refractivity contribution in [3.8, 4) is 95.6 Å². The number of fused-ring (bicyclic) bond motifs is 5. The van der Waals surface area contributed by atoms with Gasteiger partial charge in [0.2, 0.25) is 0 Å². The molecule has 2 heterocycles. The molecular weight excluding hydrogens is 753 g/mol. The Bertz CT molecular complexity index is 3110. The maximum Gasteiger partial charge on any atom is 0.160 e. The molecule has 11 rings (SSSR count). The van der Waals surface area contributed by atoms with Crippen LogP contribution >= 0.6 is 0 Å². The van der Waals surface area contributed by atoms with Crippen molar-refractivity contribution >= 4 is 0 Å². The van der Waals surface area contributed by atoms with Gasteiger partial charge in [-0.05, 0) is 110 Å². The first-order valence-corrected chi connectivity index (χ1v) is 21.6. The van der Waals surface area contributed by atoms with Gasteiger partial charge >= 0.3 is 0 Å². The molecule has 4 nitrogen and oxygen atoms in total. The maximum atomic E-state index is 9.72. The van der Waals surface area contributed by atoms with Crippen LogP contribution in [0.15, 0.2) is 194 Å². The molecule has 2 aromatic heterocycles.